The Morgan fingerprint density at radius 2 is 2.53 bits per heavy atom. The molecule has 1 saturated heterocycles. The lowest BCUT2D eigenvalue weighted by molar-refractivity contribution is -0.0869. The lowest BCUT2D eigenvalue weighted by atomic mass is 10.1. The highest BCUT2D eigenvalue weighted by atomic mass is 32.1. The first-order valence-electron chi connectivity index (χ1n) is 6.12. The van der Waals surface area contributed by atoms with Crippen LogP contribution in [0.5, 0.6) is 0 Å². The number of thiazole rings is 1. The average molecular weight is 256 g/mol. The number of aryl methyl sites for hydroxylation is 1. The zero-order valence-corrected chi connectivity index (χ0v) is 11.2. The Kier molecular flexibility index (Phi) is 4.50. The monoisotopic (exact) mass is 256 g/mol. The predicted octanol–water partition coefficient (Wildman–Crippen LogP) is 1.08. The van der Waals surface area contributed by atoms with Gasteiger partial charge < -0.3 is 9.84 Å². The quantitative estimate of drug-likeness (QED) is 0.875. The number of nitrogens with zero attached hydrogens (tertiary/aromatic N) is 2. The van der Waals surface area contributed by atoms with Gasteiger partial charge in [0.15, 0.2) is 0 Å². The number of morpholine rings is 1. The van der Waals surface area contributed by atoms with Gasteiger partial charge in [0.05, 0.1) is 29.5 Å². The van der Waals surface area contributed by atoms with Crippen molar-refractivity contribution in [2.24, 2.45) is 0 Å². The van der Waals surface area contributed by atoms with Crippen molar-refractivity contribution in [3.63, 3.8) is 0 Å². The van der Waals surface area contributed by atoms with Crippen LogP contribution in [0.2, 0.25) is 0 Å². The summed E-state index contributed by atoms with van der Waals surface area (Å²) in [4.78, 5) is 6.68. The van der Waals surface area contributed by atoms with Gasteiger partial charge in [-0.25, -0.2) is 4.98 Å². The molecule has 0 aromatic carbocycles. The van der Waals surface area contributed by atoms with Crippen molar-refractivity contribution in [3.05, 3.63) is 16.1 Å². The van der Waals surface area contributed by atoms with Crippen LogP contribution in [-0.2, 0) is 11.2 Å². The molecule has 1 aliphatic rings. The molecular formula is C12H20N2O2S. The van der Waals surface area contributed by atoms with Crippen LogP contribution in [0, 0.1) is 6.92 Å². The number of rotatable bonds is 4. The molecule has 0 aliphatic carbocycles. The highest BCUT2D eigenvalue weighted by Gasteiger charge is 2.26. The number of ether oxygens (including phenoxy) is 1. The molecular weight excluding hydrogens is 236 g/mol. The Labute approximate surface area is 106 Å². The second kappa shape index (κ2) is 5.91. The van der Waals surface area contributed by atoms with Gasteiger partial charge in [-0.1, -0.05) is 6.92 Å². The molecule has 2 rings (SSSR count). The Morgan fingerprint density at radius 1 is 1.71 bits per heavy atom. The van der Waals surface area contributed by atoms with Crippen molar-refractivity contribution >= 4 is 11.3 Å². The summed E-state index contributed by atoms with van der Waals surface area (Å²) >= 11 is 1.62. The third-order valence-corrected chi connectivity index (χ3v) is 3.96. The fourth-order valence-electron chi connectivity index (χ4n) is 2.10. The van der Waals surface area contributed by atoms with Crippen LogP contribution >= 0.6 is 11.3 Å². The molecule has 17 heavy (non-hydrogen) atoms. The molecule has 0 spiro atoms. The largest absolute Gasteiger partial charge is 0.390 e. The number of hydrogen-bond acceptors (Lipinski definition) is 5. The maximum atomic E-state index is 10.2. The molecule has 1 N–H and O–H groups in total. The highest BCUT2D eigenvalue weighted by molar-refractivity contribution is 7.09. The fraction of sp³-hybridized carbons (Fsp3) is 0.750. The molecule has 0 saturated carbocycles. The molecule has 4 nitrogen and oxygen atoms in total. The van der Waals surface area contributed by atoms with Gasteiger partial charge in [-0.3, -0.25) is 4.90 Å². The van der Waals surface area contributed by atoms with Crippen LogP contribution in [0.25, 0.3) is 0 Å². The van der Waals surface area contributed by atoms with Crippen LogP contribution in [-0.4, -0.2) is 53.4 Å². The summed E-state index contributed by atoms with van der Waals surface area (Å²) in [5.74, 6) is 0. The molecule has 2 atom stereocenters. The Bertz CT molecular complexity index is 356. The number of hydrogen-bond donors (Lipinski definition) is 1. The van der Waals surface area contributed by atoms with Crippen LogP contribution in [0.3, 0.4) is 0 Å². The van der Waals surface area contributed by atoms with E-state index in [0.29, 0.717) is 13.0 Å². The number of likely N-dealkylation sites (N-methyl/N-ethyl adjacent to an activating group) is 1. The van der Waals surface area contributed by atoms with E-state index in [0.717, 1.165) is 30.3 Å². The fourth-order valence-corrected chi connectivity index (χ4v) is 2.72. The zero-order valence-electron chi connectivity index (χ0n) is 10.4. The van der Waals surface area contributed by atoms with Gasteiger partial charge in [0, 0.05) is 24.9 Å². The zero-order chi connectivity index (χ0) is 12.3. The second-order valence-electron chi connectivity index (χ2n) is 4.43. The maximum absolute atomic E-state index is 10.2. The van der Waals surface area contributed by atoms with E-state index in [2.05, 4.69) is 16.8 Å². The van der Waals surface area contributed by atoms with Gasteiger partial charge in [0.1, 0.15) is 0 Å². The first-order valence-corrected chi connectivity index (χ1v) is 7.00. The summed E-state index contributed by atoms with van der Waals surface area (Å²) in [5.41, 5.74) is 0.970. The summed E-state index contributed by atoms with van der Waals surface area (Å²) in [5, 5.41) is 13.2. The van der Waals surface area contributed by atoms with Crippen LogP contribution in [0.4, 0.5) is 0 Å². The summed E-state index contributed by atoms with van der Waals surface area (Å²) in [6.45, 7) is 7.64. The standard InChI is InChI=1S/C12H20N2O2S/c1-3-14-4-5-16-12(7-14)11(15)6-10-8-17-9(2)13-10/h8,11-12,15H,3-7H2,1-2H3. The summed E-state index contributed by atoms with van der Waals surface area (Å²) < 4.78 is 5.63. The summed E-state index contributed by atoms with van der Waals surface area (Å²) in [6.07, 6.45) is 0.0589. The van der Waals surface area contributed by atoms with E-state index < -0.39 is 6.10 Å². The van der Waals surface area contributed by atoms with Crippen LogP contribution in [0.15, 0.2) is 5.38 Å². The molecule has 2 heterocycles. The summed E-state index contributed by atoms with van der Waals surface area (Å²) in [6, 6.07) is 0. The van der Waals surface area contributed by atoms with Crippen molar-refractivity contribution in [2.45, 2.75) is 32.5 Å². The third kappa shape index (κ3) is 3.48. The predicted molar refractivity (Wildman–Crippen MR) is 68.4 cm³/mol. The Hall–Kier alpha value is -0.490. The number of aliphatic hydroxyl groups excluding tert-OH is 1. The van der Waals surface area contributed by atoms with Crippen molar-refractivity contribution in [3.8, 4) is 0 Å². The Balaban J connectivity index is 1.88. The van der Waals surface area contributed by atoms with Gasteiger partial charge in [-0.2, -0.15) is 0 Å². The van der Waals surface area contributed by atoms with Crippen LogP contribution < -0.4 is 0 Å². The van der Waals surface area contributed by atoms with Gasteiger partial charge in [-0.15, -0.1) is 11.3 Å². The second-order valence-corrected chi connectivity index (χ2v) is 5.49. The first-order chi connectivity index (χ1) is 8.19. The van der Waals surface area contributed by atoms with Gasteiger partial charge in [0.2, 0.25) is 0 Å². The van der Waals surface area contributed by atoms with Gasteiger partial charge >= 0.3 is 0 Å². The van der Waals surface area contributed by atoms with E-state index in [1.807, 2.05) is 12.3 Å². The molecule has 0 radical (unpaired) electrons. The van der Waals surface area contributed by atoms with E-state index in [1.54, 1.807) is 11.3 Å². The molecule has 1 aromatic heterocycles. The van der Waals surface area contributed by atoms with Gasteiger partial charge in [0.25, 0.3) is 0 Å². The minimum Gasteiger partial charge on any atom is -0.390 e. The minimum absolute atomic E-state index is 0.0780. The van der Waals surface area contributed by atoms with E-state index in [-0.39, 0.29) is 6.10 Å². The van der Waals surface area contributed by atoms with Crippen molar-refractivity contribution < 1.29 is 9.84 Å². The lowest BCUT2D eigenvalue weighted by Crippen LogP contribution is -2.48. The highest BCUT2D eigenvalue weighted by Crippen LogP contribution is 2.15. The molecule has 2 unspecified atom stereocenters. The first kappa shape index (κ1) is 13.0. The smallest absolute Gasteiger partial charge is 0.0964 e. The normalized spacial score (nSPS) is 23.8. The van der Waals surface area contributed by atoms with Crippen molar-refractivity contribution in [1.82, 2.24) is 9.88 Å². The lowest BCUT2D eigenvalue weighted by Gasteiger charge is -2.34. The van der Waals surface area contributed by atoms with Gasteiger partial charge in [-0.05, 0) is 13.5 Å². The minimum atomic E-state index is -0.453. The molecule has 0 bridgehead atoms. The average Bonchev–Trinajstić information content (AvgIpc) is 2.75. The van der Waals surface area contributed by atoms with Crippen LogP contribution in [0.1, 0.15) is 17.6 Å². The Morgan fingerprint density at radius 3 is 3.18 bits per heavy atom. The molecule has 0 amide bonds. The molecule has 1 aromatic rings. The summed E-state index contributed by atoms with van der Waals surface area (Å²) in [7, 11) is 0. The number of aliphatic hydroxyl groups is 1. The topological polar surface area (TPSA) is 45.6 Å². The third-order valence-electron chi connectivity index (χ3n) is 3.14. The van der Waals surface area contributed by atoms with E-state index in [4.69, 9.17) is 4.74 Å². The van der Waals surface area contributed by atoms with Crippen molar-refractivity contribution in [1.29, 1.82) is 0 Å². The molecule has 5 heteroatoms. The van der Waals surface area contributed by atoms with Crippen molar-refractivity contribution in [2.75, 3.05) is 26.2 Å². The van der Waals surface area contributed by atoms with E-state index >= 15 is 0 Å². The van der Waals surface area contributed by atoms with E-state index in [1.165, 1.54) is 0 Å². The molecule has 1 aliphatic heterocycles. The SMILES string of the molecule is CCN1CCOC(C(O)Cc2csc(C)n2)C1. The molecule has 1 fully saturated rings. The van der Waals surface area contributed by atoms with E-state index in [9.17, 15) is 5.11 Å². The molecule has 96 valence electrons. The maximum Gasteiger partial charge on any atom is 0.0964 e. The number of aromatic nitrogens is 1.